The molecule has 122 valence electrons. The van der Waals surface area contributed by atoms with Gasteiger partial charge < -0.3 is 15.2 Å². The molecular formula is C17H17Cl2NO3. The van der Waals surface area contributed by atoms with Crippen molar-refractivity contribution in [1.29, 1.82) is 0 Å². The molecule has 0 amide bonds. The van der Waals surface area contributed by atoms with Crippen LogP contribution in [-0.2, 0) is 0 Å². The molecule has 0 aliphatic carbocycles. The minimum atomic E-state index is -1.01. The van der Waals surface area contributed by atoms with Crippen molar-refractivity contribution >= 4 is 34.9 Å². The monoisotopic (exact) mass is 353 g/mol. The van der Waals surface area contributed by atoms with Gasteiger partial charge >= 0.3 is 5.97 Å². The summed E-state index contributed by atoms with van der Waals surface area (Å²) in [5, 5.41) is 13.3. The zero-order chi connectivity index (χ0) is 16.8. The third-order valence-corrected chi connectivity index (χ3v) is 4.00. The van der Waals surface area contributed by atoms with Gasteiger partial charge in [-0.1, -0.05) is 29.3 Å². The molecule has 0 saturated heterocycles. The van der Waals surface area contributed by atoms with Gasteiger partial charge in [-0.05, 0) is 49.2 Å². The Balaban J connectivity index is 1.84. The Labute approximate surface area is 145 Å². The number of carboxylic acids is 1. The molecule has 2 N–H and O–H groups in total. The van der Waals surface area contributed by atoms with E-state index in [2.05, 4.69) is 5.32 Å². The van der Waals surface area contributed by atoms with Crippen LogP contribution in [0.2, 0.25) is 10.0 Å². The molecule has 0 unspecified atom stereocenters. The Morgan fingerprint density at radius 2 is 2.00 bits per heavy atom. The van der Waals surface area contributed by atoms with Crippen molar-refractivity contribution in [2.45, 2.75) is 13.3 Å². The summed E-state index contributed by atoms with van der Waals surface area (Å²) < 4.78 is 5.64. The van der Waals surface area contributed by atoms with Gasteiger partial charge in [0.05, 0.1) is 22.9 Å². The van der Waals surface area contributed by atoms with E-state index in [9.17, 15) is 4.79 Å². The molecule has 0 fully saturated rings. The number of rotatable bonds is 7. The molecule has 0 bridgehead atoms. The predicted molar refractivity (Wildman–Crippen MR) is 93.2 cm³/mol. The molecule has 23 heavy (non-hydrogen) atoms. The zero-order valence-corrected chi connectivity index (χ0v) is 14.1. The van der Waals surface area contributed by atoms with Crippen LogP contribution in [0.25, 0.3) is 0 Å². The first-order valence-electron chi connectivity index (χ1n) is 7.13. The number of aromatic carboxylic acids is 1. The minimum absolute atomic E-state index is 0.159. The second-order valence-corrected chi connectivity index (χ2v) is 5.82. The molecule has 0 radical (unpaired) electrons. The second kappa shape index (κ2) is 8.09. The summed E-state index contributed by atoms with van der Waals surface area (Å²) in [7, 11) is 0. The van der Waals surface area contributed by atoms with Crippen LogP contribution in [0.4, 0.5) is 5.69 Å². The van der Waals surface area contributed by atoms with Crippen molar-refractivity contribution in [2.24, 2.45) is 0 Å². The first-order chi connectivity index (χ1) is 11.0. The van der Waals surface area contributed by atoms with Crippen molar-refractivity contribution in [1.82, 2.24) is 0 Å². The average molecular weight is 354 g/mol. The topological polar surface area (TPSA) is 58.6 Å². The quantitative estimate of drug-likeness (QED) is 0.696. The lowest BCUT2D eigenvalue weighted by molar-refractivity contribution is 0.0698. The first kappa shape index (κ1) is 17.4. The highest BCUT2D eigenvalue weighted by molar-refractivity contribution is 6.34. The zero-order valence-electron chi connectivity index (χ0n) is 12.6. The molecular weight excluding hydrogens is 337 g/mol. The van der Waals surface area contributed by atoms with Crippen LogP contribution in [0.1, 0.15) is 22.3 Å². The number of hydrogen-bond acceptors (Lipinski definition) is 3. The number of para-hydroxylation sites is 1. The van der Waals surface area contributed by atoms with Crippen LogP contribution in [0.15, 0.2) is 36.4 Å². The predicted octanol–water partition coefficient (Wildman–Crippen LogP) is 4.88. The van der Waals surface area contributed by atoms with Gasteiger partial charge in [-0.25, -0.2) is 4.79 Å². The Morgan fingerprint density at radius 3 is 2.70 bits per heavy atom. The lowest BCUT2D eigenvalue weighted by atomic mass is 10.1. The Morgan fingerprint density at radius 1 is 1.22 bits per heavy atom. The fourth-order valence-corrected chi connectivity index (χ4v) is 2.42. The van der Waals surface area contributed by atoms with Crippen LogP contribution < -0.4 is 10.1 Å². The van der Waals surface area contributed by atoms with E-state index in [4.69, 9.17) is 33.0 Å². The number of nitrogens with one attached hydrogen (secondary N) is 1. The summed E-state index contributed by atoms with van der Waals surface area (Å²) in [4.78, 5) is 11.2. The Bertz CT molecular complexity index is 704. The SMILES string of the molecule is Cc1cc(OCCCNc2c(Cl)cccc2C(=O)O)ccc1Cl. The first-order valence-corrected chi connectivity index (χ1v) is 7.89. The third kappa shape index (κ3) is 4.78. The molecule has 6 heteroatoms. The third-order valence-electron chi connectivity index (χ3n) is 3.27. The molecule has 2 aromatic carbocycles. The second-order valence-electron chi connectivity index (χ2n) is 5.01. The maximum absolute atomic E-state index is 11.2. The molecule has 0 aliphatic heterocycles. The van der Waals surface area contributed by atoms with Gasteiger partial charge in [0.25, 0.3) is 0 Å². The lowest BCUT2D eigenvalue weighted by Gasteiger charge is -2.12. The number of carbonyl (C=O) groups is 1. The number of benzene rings is 2. The molecule has 0 atom stereocenters. The maximum atomic E-state index is 11.2. The van der Waals surface area contributed by atoms with Gasteiger partial charge in [-0.3, -0.25) is 0 Å². The summed E-state index contributed by atoms with van der Waals surface area (Å²) in [6.07, 6.45) is 0.700. The minimum Gasteiger partial charge on any atom is -0.494 e. The van der Waals surface area contributed by atoms with Crippen LogP contribution in [0, 0.1) is 6.92 Å². The van der Waals surface area contributed by atoms with E-state index in [0.29, 0.717) is 35.3 Å². The maximum Gasteiger partial charge on any atom is 0.337 e. The standard InChI is InChI=1S/C17H17Cl2NO3/c1-11-10-12(6-7-14(11)18)23-9-3-8-20-16-13(17(21)22)4-2-5-15(16)19/h2,4-7,10,20H,3,8-9H2,1H3,(H,21,22). The van der Waals surface area contributed by atoms with Gasteiger partial charge in [0.2, 0.25) is 0 Å². The molecule has 0 aliphatic rings. The number of aryl methyl sites for hydroxylation is 1. The Kier molecular flexibility index (Phi) is 6.13. The number of hydrogen-bond donors (Lipinski definition) is 2. The van der Waals surface area contributed by atoms with Gasteiger partial charge in [-0.2, -0.15) is 0 Å². The van der Waals surface area contributed by atoms with E-state index in [1.807, 2.05) is 19.1 Å². The molecule has 0 aromatic heterocycles. The number of ether oxygens (including phenoxy) is 1. The largest absolute Gasteiger partial charge is 0.494 e. The number of carboxylic acid groups (broad SMARTS) is 1. The van der Waals surface area contributed by atoms with E-state index < -0.39 is 5.97 Å². The highest BCUT2D eigenvalue weighted by Gasteiger charge is 2.12. The highest BCUT2D eigenvalue weighted by atomic mass is 35.5. The number of anilines is 1. The van der Waals surface area contributed by atoms with Gasteiger partial charge in [0.15, 0.2) is 0 Å². The van der Waals surface area contributed by atoms with Crippen molar-refractivity contribution < 1.29 is 14.6 Å². The molecule has 0 spiro atoms. The van der Waals surface area contributed by atoms with Crippen molar-refractivity contribution in [3.05, 3.63) is 57.6 Å². The summed E-state index contributed by atoms with van der Waals surface area (Å²) in [6, 6.07) is 10.3. The molecule has 0 saturated carbocycles. The highest BCUT2D eigenvalue weighted by Crippen LogP contribution is 2.26. The summed E-state index contributed by atoms with van der Waals surface area (Å²) >= 11 is 12.0. The fourth-order valence-electron chi connectivity index (χ4n) is 2.06. The number of halogens is 2. The van der Waals surface area contributed by atoms with Crippen LogP contribution >= 0.6 is 23.2 Å². The molecule has 2 aromatic rings. The molecule has 4 nitrogen and oxygen atoms in total. The summed E-state index contributed by atoms with van der Waals surface area (Å²) in [5.74, 6) is -0.251. The smallest absolute Gasteiger partial charge is 0.337 e. The van der Waals surface area contributed by atoms with Gasteiger partial charge in [-0.15, -0.1) is 0 Å². The molecule has 0 heterocycles. The van der Waals surface area contributed by atoms with Crippen molar-refractivity contribution in [3.8, 4) is 5.75 Å². The van der Waals surface area contributed by atoms with E-state index in [1.54, 1.807) is 18.2 Å². The molecule has 2 rings (SSSR count). The van der Waals surface area contributed by atoms with E-state index in [0.717, 1.165) is 11.3 Å². The van der Waals surface area contributed by atoms with Crippen molar-refractivity contribution in [3.63, 3.8) is 0 Å². The van der Waals surface area contributed by atoms with E-state index >= 15 is 0 Å². The lowest BCUT2D eigenvalue weighted by Crippen LogP contribution is -2.11. The van der Waals surface area contributed by atoms with Crippen molar-refractivity contribution in [2.75, 3.05) is 18.5 Å². The van der Waals surface area contributed by atoms with E-state index in [-0.39, 0.29) is 5.56 Å². The average Bonchev–Trinajstić information content (AvgIpc) is 2.51. The summed E-state index contributed by atoms with van der Waals surface area (Å²) in [5.41, 5.74) is 1.56. The van der Waals surface area contributed by atoms with Crippen LogP contribution in [0.3, 0.4) is 0 Å². The summed E-state index contributed by atoms with van der Waals surface area (Å²) in [6.45, 7) is 2.97. The van der Waals surface area contributed by atoms with Gasteiger partial charge in [0, 0.05) is 11.6 Å². The van der Waals surface area contributed by atoms with E-state index in [1.165, 1.54) is 6.07 Å². The normalized spacial score (nSPS) is 10.4. The van der Waals surface area contributed by atoms with Crippen LogP contribution in [-0.4, -0.2) is 24.2 Å². The Hall–Kier alpha value is -1.91. The fraction of sp³-hybridized carbons (Fsp3) is 0.235. The van der Waals surface area contributed by atoms with Gasteiger partial charge in [0.1, 0.15) is 5.75 Å². The van der Waals surface area contributed by atoms with Crippen LogP contribution in [0.5, 0.6) is 5.75 Å².